The molecule has 19 heavy (non-hydrogen) atoms. The van der Waals surface area contributed by atoms with E-state index in [9.17, 15) is 4.79 Å². The summed E-state index contributed by atoms with van der Waals surface area (Å²) in [6.07, 6.45) is 1.11. The van der Waals surface area contributed by atoms with Gasteiger partial charge in [-0.15, -0.1) is 0 Å². The highest BCUT2D eigenvalue weighted by atomic mass is 16.1. The first-order valence-corrected chi connectivity index (χ1v) is 6.23. The van der Waals surface area contributed by atoms with E-state index in [0.717, 1.165) is 22.6 Å². The summed E-state index contributed by atoms with van der Waals surface area (Å²) in [4.78, 5) is 10.4. The van der Waals surface area contributed by atoms with Crippen LogP contribution in [0, 0.1) is 11.8 Å². The number of hydrogen-bond acceptors (Lipinski definition) is 1. The zero-order chi connectivity index (χ0) is 13.1. The van der Waals surface area contributed by atoms with Gasteiger partial charge in [0, 0.05) is 5.56 Å². The molecule has 1 heteroatoms. The van der Waals surface area contributed by atoms with Crippen LogP contribution in [0.3, 0.4) is 0 Å². The van der Waals surface area contributed by atoms with E-state index in [-0.39, 0.29) is 6.42 Å². The number of carbonyl (C=O) groups excluding carboxylic acids is 1. The maximum Gasteiger partial charge on any atom is 0.131 e. The number of benzene rings is 3. The minimum atomic E-state index is 0.275. The van der Waals surface area contributed by atoms with Crippen molar-refractivity contribution in [3.8, 4) is 11.8 Å². The second-order valence-corrected chi connectivity index (χ2v) is 4.37. The Labute approximate surface area is 111 Å². The third-order valence-corrected chi connectivity index (χ3v) is 3.17. The summed E-state index contributed by atoms with van der Waals surface area (Å²) in [6.45, 7) is 0. The number of fused-ring (bicyclic) bond motifs is 2. The zero-order valence-electron chi connectivity index (χ0n) is 10.4. The van der Waals surface area contributed by atoms with Gasteiger partial charge in [0.25, 0.3) is 0 Å². The molecule has 0 spiro atoms. The van der Waals surface area contributed by atoms with Gasteiger partial charge in [-0.05, 0) is 27.6 Å². The van der Waals surface area contributed by atoms with Gasteiger partial charge in [-0.2, -0.15) is 0 Å². The Morgan fingerprint density at radius 2 is 1.47 bits per heavy atom. The molecule has 0 fully saturated rings. The van der Waals surface area contributed by atoms with Crippen LogP contribution < -0.4 is 0 Å². The summed E-state index contributed by atoms with van der Waals surface area (Å²) >= 11 is 0. The second-order valence-electron chi connectivity index (χ2n) is 4.37. The molecule has 3 aromatic rings. The van der Waals surface area contributed by atoms with E-state index in [1.165, 1.54) is 10.8 Å². The maximum absolute atomic E-state index is 10.4. The standard InChI is InChI=1S/C18H12O/c19-12-6-5-11-18-16-9-3-1-7-14(16)13-15-8-2-4-10-17(15)18/h1-4,7-10,12-13H,6H2. The van der Waals surface area contributed by atoms with Crippen molar-refractivity contribution in [1.82, 2.24) is 0 Å². The summed E-state index contributed by atoms with van der Waals surface area (Å²) in [5.74, 6) is 6.07. The molecule has 0 N–H and O–H groups in total. The highest BCUT2D eigenvalue weighted by Crippen LogP contribution is 2.27. The van der Waals surface area contributed by atoms with Crippen molar-refractivity contribution in [2.24, 2.45) is 0 Å². The molecule has 0 aliphatic heterocycles. The van der Waals surface area contributed by atoms with Crippen molar-refractivity contribution in [2.45, 2.75) is 6.42 Å². The Hall–Kier alpha value is -2.59. The highest BCUT2D eigenvalue weighted by molar-refractivity contribution is 6.04. The minimum Gasteiger partial charge on any atom is -0.302 e. The normalized spacial score (nSPS) is 10.1. The average Bonchev–Trinajstić information content (AvgIpc) is 2.46. The van der Waals surface area contributed by atoms with Crippen LogP contribution in [0.15, 0.2) is 54.6 Å². The molecule has 90 valence electrons. The van der Waals surface area contributed by atoms with Gasteiger partial charge in [-0.25, -0.2) is 0 Å². The molecule has 0 saturated heterocycles. The van der Waals surface area contributed by atoms with Crippen LogP contribution in [0.2, 0.25) is 0 Å². The molecule has 0 saturated carbocycles. The summed E-state index contributed by atoms with van der Waals surface area (Å²) in [5, 5.41) is 4.63. The topological polar surface area (TPSA) is 17.1 Å². The Balaban J connectivity index is 2.40. The first kappa shape index (κ1) is 11.5. The number of hydrogen-bond donors (Lipinski definition) is 0. The molecule has 0 bridgehead atoms. The smallest absolute Gasteiger partial charge is 0.131 e. The Morgan fingerprint density at radius 1 is 0.895 bits per heavy atom. The summed E-state index contributed by atoms with van der Waals surface area (Å²) in [6, 6.07) is 18.6. The largest absolute Gasteiger partial charge is 0.302 e. The fourth-order valence-corrected chi connectivity index (χ4v) is 2.33. The van der Waals surface area contributed by atoms with E-state index in [0.29, 0.717) is 0 Å². The van der Waals surface area contributed by atoms with Crippen molar-refractivity contribution in [2.75, 3.05) is 0 Å². The fraction of sp³-hybridized carbons (Fsp3) is 0.0556. The van der Waals surface area contributed by atoms with E-state index in [1.54, 1.807) is 0 Å². The molecular formula is C18H12O. The third kappa shape index (κ3) is 2.09. The molecule has 3 aromatic carbocycles. The van der Waals surface area contributed by atoms with Crippen LogP contribution in [0.5, 0.6) is 0 Å². The number of aldehydes is 1. The summed E-state index contributed by atoms with van der Waals surface area (Å²) in [5.41, 5.74) is 1.01. The van der Waals surface area contributed by atoms with E-state index >= 15 is 0 Å². The fourth-order valence-electron chi connectivity index (χ4n) is 2.33. The Bertz CT molecular complexity index is 765. The predicted molar refractivity (Wildman–Crippen MR) is 79.0 cm³/mol. The van der Waals surface area contributed by atoms with Crippen LogP contribution in [0.1, 0.15) is 12.0 Å². The molecule has 0 radical (unpaired) electrons. The van der Waals surface area contributed by atoms with E-state index in [4.69, 9.17) is 0 Å². The third-order valence-electron chi connectivity index (χ3n) is 3.17. The van der Waals surface area contributed by atoms with E-state index < -0.39 is 0 Å². The Kier molecular flexibility index (Phi) is 3.00. The van der Waals surface area contributed by atoms with Crippen molar-refractivity contribution in [1.29, 1.82) is 0 Å². The molecular weight excluding hydrogens is 232 g/mol. The lowest BCUT2D eigenvalue weighted by Crippen LogP contribution is -1.84. The minimum absolute atomic E-state index is 0.275. The molecule has 0 amide bonds. The van der Waals surface area contributed by atoms with Crippen LogP contribution >= 0.6 is 0 Å². The monoisotopic (exact) mass is 244 g/mol. The van der Waals surface area contributed by atoms with Gasteiger partial charge < -0.3 is 4.79 Å². The van der Waals surface area contributed by atoms with Gasteiger partial charge in [0.05, 0.1) is 6.42 Å². The van der Waals surface area contributed by atoms with Gasteiger partial charge in [-0.3, -0.25) is 0 Å². The second kappa shape index (κ2) is 4.96. The van der Waals surface area contributed by atoms with Crippen LogP contribution in [-0.2, 0) is 4.79 Å². The van der Waals surface area contributed by atoms with Crippen molar-refractivity contribution < 1.29 is 4.79 Å². The number of carbonyl (C=O) groups is 1. The molecule has 0 atom stereocenters. The molecule has 1 nitrogen and oxygen atoms in total. The highest BCUT2D eigenvalue weighted by Gasteiger charge is 2.04. The van der Waals surface area contributed by atoms with E-state index in [1.807, 2.05) is 24.3 Å². The van der Waals surface area contributed by atoms with Gasteiger partial charge in [0.1, 0.15) is 6.29 Å². The average molecular weight is 244 g/mol. The van der Waals surface area contributed by atoms with Crippen LogP contribution in [0.4, 0.5) is 0 Å². The molecule has 0 aliphatic rings. The van der Waals surface area contributed by atoms with Crippen molar-refractivity contribution in [3.63, 3.8) is 0 Å². The van der Waals surface area contributed by atoms with Crippen molar-refractivity contribution in [3.05, 3.63) is 60.2 Å². The SMILES string of the molecule is O=CCC#Cc1c2ccccc2cc2ccccc12. The number of rotatable bonds is 1. The molecule has 0 aliphatic carbocycles. The lowest BCUT2D eigenvalue weighted by Gasteiger charge is -2.06. The molecule has 0 aromatic heterocycles. The van der Waals surface area contributed by atoms with Gasteiger partial charge in [0.15, 0.2) is 0 Å². The van der Waals surface area contributed by atoms with Crippen LogP contribution in [-0.4, -0.2) is 6.29 Å². The summed E-state index contributed by atoms with van der Waals surface area (Å²) < 4.78 is 0. The van der Waals surface area contributed by atoms with E-state index in [2.05, 4.69) is 42.2 Å². The quantitative estimate of drug-likeness (QED) is 0.360. The Morgan fingerprint density at radius 3 is 2.05 bits per heavy atom. The zero-order valence-corrected chi connectivity index (χ0v) is 10.4. The molecule has 0 heterocycles. The first-order chi connectivity index (χ1) is 9.40. The van der Waals surface area contributed by atoms with Gasteiger partial charge in [-0.1, -0.05) is 60.4 Å². The van der Waals surface area contributed by atoms with Crippen LogP contribution in [0.25, 0.3) is 21.5 Å². The van der Waals surface area contributed by atoms with Gasteiger partial charge in [0.2, 0.25) is 0 Å². The maximum atomic E-state index is 10.4. The molecule has 0 unspecified atom stereocenters. The molecule has 3 rings (SSSR count). The first-order valence-electron chi connectivity index (χ1n) is 6.23. The summed E-state index contributed by atoms with van der Waals surface area (Å²) in [7, 11) is 0. The van der Waals surface area contributed by atoms with Gasteiger partial charge >= 0.3 is 0 Å². The predicted octanol–water partition coefficient (Wildman–Crippen LogP) is 3.93. The lowest BCUT2D eigenvalue weighted by atomic mass is 9.97. The van der Waals surface area contributed by atoms with Crippen molar-refractivity contribution >= 4 is 27.8 Å². The lowest BCUT2D eigenvalue weighted by molar-refractivity contribution is -0.107.